The molecule has 4 aromatic rings. The number of hydrogen-bond donors (Lipinski definition) is 3. The lowest BCUT2D eigenvalue weighted by Crippen LogP contribution is -2.26. The molecule has 141 heavy (non-hydrogen) atoms. The van der Waals surface area contributed by atoms with Gasteiger partial charge in [0.15, 0.2) is 35.8 Å². The lowest BCUT2D eigenvalue weighted by Gasteiger charge is -2.16. The quantitative estimate of drug-likeness (QED) is 0.0214. The number of hydrogen-bond acceptors (Lipinski definition) is 15. The van der Waals surface area contributed by atoms with Crippen molar-refractivity contribution < 1.29 is 58.1 Å². The van der Waals surface area contributed by atoms with Crippen molar-refractivity contribution in [2.45, 2.75) is 638 Å². The van der Waals surface area contributed by atoms with Crippen LogP contribution in [0.25, 0.3) is 34.2 Å². The van der Waals surface area contributed by atoms with Crippen LogP contribution in [0.5, 0.6) is 34.5 Å². The Morgan fingerprint density at radius 3 is 0.440 bits per heavy atom. The van der Waals surface area contributed by atoms with E-state index in [1.165, 1.54) is 538 Å². The number of carbonyl (C=O) groups excluding carboxylic acids is 3. The van der Waals surface area contributed by atoms with E-state index >= 15 is 0 Å². The van der Waals surface area contributed by atoms with E-state index in [-0.39, 0.29) is 68.7 Å². The van der Waals surface area contributed by atoms with Crippen molar-refractivity contribution in [2.75, 3.05) is 19.8 Å². The number of esters is 3. The van der Waals surface area contributed by atoms with Gasteiger partial charge in [-0.05, 0) is 76.4 Å². The average molecular weight is 1970 g/mol. The van der Waals surface area contributed by atoms with Gasteiger partial charge >= 0.3 is 17.9 Å². The molecule has 3 unspecified atom stereocenters. The van der Waals surface area contributed by atoms with Crippen molar-refractivity contribution in [3.8, 4) is 68.7 Å². The molecule has 0 amide bonds. The van der Waals surface area contributed by atoms with Crippen LogP contribution in [0.1, 0.15) is 619 Å². The van der Waals surface area contributed by atoms with Gasteiger partial charge in [0.1, 0.15) is 34.5 Å². The Morgan fingerprint density at radius 1 is 0.199 bits per heavy atom. The SMILES string of the molecule is CCCCCCCCCCCCCCCCCCCCCCCCCCCCCCCCOC(=O)C(C)Oc1ccc(-c2nc(-c3ccc(OC(C)C(=O)OCCCCCCCCCCCCCCCCCCCCCCCCCCCCCCCC)cc3O)nc(-c3ccc(OC(C)C(=O)OCCCCCCCCCCCCCCCCCCCCCCCCCCCCCCCC)cc3O)n2)c(O)c1. The molecule has 15 nitrogen and oxygen atoms in total. The van der Waals surface area contributed by atoms with Crippen molar-refractivity contribution >= 4 is 17.9 Å². The van der Waals surface area contributed by atoms with Crippen molar-refractivity contribution in [1.29, 1.82) is 0 Å². The van der Waals surface area contributed by atoms with Crippen LogP contribution in [0.3, 0.4) is 0 Å². The second kappa shape index (κ2) is 93.6. The molecule has 1 aromatic heterocycles. The summed E-state index contributed by atoms with van der Waals surface area (Å²) in [5.74, 6) is -1.75. The van der Waals surface area contributed by atoms with Crippen LogP contribution >= 0.6 is 0 Å². The topological polar surface area (TPSA) is 206 Å². The molecule has 3 N–H and O–H groups in total. The largest absolute Gasteiger partial charge is 0.507 e. The molecule has 0 radical (unpaired) electrons. The fourth-order valence-corrected chi connectivity index (χ4v) is 20.1. The maximum Gasteiger partial charge on any atom is 0.347 e. The fourth-order valence-electron chi connectivity index (χ4n) is 20.1. The van der Waals surface area contributed by atoms with Crippen LogP contribution in [0.15, 0.2) is 54.6 Å². The molecule has 0 spiro atoms. The van der Waals surface area contributed by atoms with E-state index in [0.29, 0.717) is 19.8 Å². The van der Waals surface area contributed by atoms with Gasteiger partial charge in [0.05, 0.1) is 36.5 Å². The number of rotatable bonds is 105. The van der Waals surface area contributed by atoms with E-state index < -0.39 is 36.2 Å². The number of aromatic hydroxyl groups is 3. The minimum Gasteiger partial charge on any atom is -0.507 e. The zero-order valence-corrected chi connectivity index (χ0v) is 92.5. The minimum absolute atomic E-state index is 0.0153. The highest BCUT2D eigenvalue weighted by molar-refractivity contribution is 5.78. The third-order valence-electron chi connectivity index (χ3n) is 29.4. The van der Waals surface area contributed by atoms with Crippen LogP contribution in [0.4, 0.5) is 0 Å². The summed E-state index contributed by atoms with van der Waals surface area (Å²) in [6, 6.07) is 13.6. The predicted octanol–water partition coefficient (Wildman–Crippen LogP) is 40.1. The summed E-state index contributed by atoms with van der Waals surface area (Å²) in [5.41, 5.74) is 0.489. The number of phenols is 3. The summed E-state index contributed by atoms with van der Waals surface area (Å²) in [4.78, 5) is 53.9. The van der Waals surface area contributed by atoms with Gasteiger partial charge in [0.2, 0.25) is 0 Å². The maximum atomic E-state index is 13.2. The van der Waals surface area contributed by atoms with Crippen LogP contribution in [-0.4, -0.2) is 86.3 Å². The molecule has 0 saturated carbocycles. The second-order valence-electron chi connectivity index (χ2n) is 42.9. The number of ether oxygens (including phenoxy) is 6. The Labute approximate surface area is 866 Å². The first-order valence-corrected chi connectivity index (χ1v) is 61.1. The lowest BCUT2D eigenvalue weighted by atomic mass is 10.0. The maximum absolute atomic E-state index is 13.2. The smallest absolute Gasteiger partial charge is 0.347 e. The summed E-state index contributed by atoms with van der Waals surface area (Å²) < 4.78 is 35.0. The third-order valence-corrected chi connectivity index (χ3v) is 29.4. The van der Waals surface area contributed by atoms with Gasteiger partial charge in [-0.15, -0.1) is 0 Å². The molecule has 0 fully saturated rings. The van der Waals surface area contributed by atoms with Gasteiger partial charge in [-0.2, -0.15) is 0 Å². The van der Waals surface area contributed by atoms with E-state index in [4.69, 9.17) is 43.4 Å². The number of benzene rings is 3. The molecule has 0 aliphatic heterocycles. The Morgan fingerprint density at radius 2 is 0.319 bits per heavy atom. The Bertz CT molecular complexity index is 3140. The summed E-state index contributed by atoms with van der Waals surface area (Å²) in [7, 11) is 0. The lowest BCUT2D eigenvalue weighted by molar-refractivity contribution is -0.152. The second-order valence-corrected chi connectivity index (χ2v) is 42.9. The number of nitrogens with zero attached hydrogens (tertiary/aromatic N) is 3. The highest BCUT2D eigenvalue weighted by Gasteiger charge is 2.25. The van der Waals surface area contributed by atoms with Gasteiger partial charge < -0.3 is 43.7 Å². The molecule has 810 valence electrons. The highest BCUT2D eigenvalue weighted by atomic mass is 16.6. The van der Waals surface area contributed by atoms with E-state index in [1.54, 1.807) is 57.2 Å². The summed E-state index contributed by atoms with van der Waals surface area (Å²) >= 11 is 0. The van der Waals surface area contributed by atoms with E-state index in [1.807, 2.05) is 0 Å². The van der Waals surface area contributed by atoms with Gasteiger partial charge in [-0.3, -0.25) is 0 Å². The first-order valence-electron chi connectivity index (χ1n) is 61.1. The van der Waals surface area contributed by atoms with Crippen LogP contribution < -0.4 is 14.2 Å². The Balaban J connectivity index is 1.15. The Kier molecular flexibility index (Phi) is 84.5. The van der Waals surface area contributed by atoms with E-state index in [2.05, 4.69) is 20.8 Å². The van der Waals surface area contributed by atoms with Crippen molar-refractivity contribution in [1.82, 2.24) is 15.0 Å². The normalized spacial score (nSPS) is 12.2. The van der Waals surface area contributed by atoms with Crippen molar-refractivity contribution in [3.63, 3.8) is 0 Å². The van der Waals surface area contributed by atoms with Crippen LogP contribution in [0, 0.1) is 0 Å². The number of aromatic nitrogens is 3. The highest BCUT2D eigenvalue weighted by Crippen LogP contribution is 2.39. The van der Waals surface area contributed by atoms with Crippen molar-refractivity contribution in [2.24, 2.45) is 0 Å². The van der Waals surface area contributed by atoms with E-state index in [0.717, 1.165) is 57.8 Å². The summed E-state index contributed by atoms with van der Waals surface area (Å²) in [5, 5.41) is 35.1. The molecular formula is C126H219N3O12. The van der Waals surface area contributed by atoms with Crippen molar-refractivity contribution in [3.05, 3.63) is 54.6 Å². The molecule has 0 aliphatic carbocycles. The van der Waals surface area contributed by atoms with Gasteiger partial charge in [0.25, 0.3) is 0 Å². The van der Waals surface area contributed by atoms with Crippen LogP contribution in [-0.2, 0) is 28.6 Å². The van der Waals surface area contributed by atoms with Gasteiger partial charge in [-0.1, -0.05) is 579 Å². The molecule has 0 saturated heterocycles. The first-order chi connectivity index (χ1) is 69.3. The minimum atomic E-state index is -0.962. The predicted molar refractivity (Wildman–Crippen MR) is 597 cm³/mol. The fraction of sp³-hybridized carbons (Fsp3) is 0.810. The zero-order valence-electron chi connectivity index (χ0n) is 92.5. The number of phenolic OH excluding ortho intramolecular Hbond substituents is 3. The third kappa shape index (κ3) is 72.0. The van der Waals surface area contributed by atoms with Crippen LogP contribution in [0.2, 0.25) is 0 Å². The number of carbonyl (C=O) groups is 3. The van der Waals surface area contributed by atoms with Gasteiger partial charge in [0, 0.05) is 18.2 Å². The molecule has 3 atom stereocenters. The van der Waals surface area contributed by atoms with Gasteiger partial charge in [-0.25, -0.2) is 29.3 Å². The number of unbranched alkanes of at least 4 members (excludes halogenated alkanes) is 87. The monoisotopic (exact) mass is 1970 g/mol. The van der Waals surface area contributed by atoms with E-state index in [9.17, 15) is 29.7 Å². The molecule has 3 aromatic carbocycles. The Hall–Kier alpha value is -6.12. The molecule has 4 rings (SSSR count). The molecule has 15 heteroatoms. The molecule has 0 bridgehead atoms. The zero-order chi connectivity index (χ0) is 101. The average Bonchev–Trinajstić information content (AvgIpc) is 0.779. The first kappa shape index (κ1) is 127. The molecule has 0 aliphatic rings. The summed E-state index contributed by atoms with van der Waals surface area (Å²) in [6.07, 6.45) is 119. The summed E-state index contributed by atoms with van der Waals surface area (Å²) in [6.45, 7) is 12.6. The standard InChI is InChI=1S/C126H219N3O12/c1-7-10-13-16-19-22-25-28-31-34-37-40-43-46-49-52-55-58-61-64-67-70-73-76-79-82-85-88-91-94-103-136-124(133)109(4)139-112-97-100-115(118(130)106-112)121-127-122(116-101-98-113(107-119(116)131)140-110(5)125(134)137-104-95-92-89-86-83-80-77-74-71-68-65-62-59-56-53-50-47-44-41-38-35-32-29-26-23-20-17-14-11-8-2)129-123(128-121)117-102-99-114(108-120(117)132)141-111(6)126(135)138-105-96-93-90-87-84-81-78-75-72-69-66-63-60-57-54-51-48-45-42-39-36-33-30-27-24-21-18-15-12-9-3/h97-102,106-111,130-132H,7-96,103-105H2,1-6H3. The molecule has 1 heterocycles. The molecular weight excluding hydrogens is 1750 g/mol.